The van der Waals surface area contributed by atoms with Gasteiger partial charge in [-0.05, 0) is 45.9 Å². The Hall–Kier alpha value is -3.41. The predicted molar refractivity (Wildman–Crippen MR) is 141 cm³/mol. The number of pyridine rings is 2. The normalized spacial score (nSPS) is 14.6. The number of nitrogens with one attached hydrogen (secondary N) is 1. The van der Waals surface area contributed by atoms with Gasteiger partial charge in [-0.15, -0.1) is 0 Å². The Kier molecular flexibility index (Phi) is 7.53. The third-order valence-electron chi connectivity index (χ3n) is 5.50. The molecule has 3 heterocycles. The minimum atomic E-state index is -3.24. The summed E-state index contributed by atoms with van der Waals surface area (Å²) in [5, 5.41) is 2.86. The quantitative estimate of drug-likeness (QED) is 0.355. The first-order chi connectivity index (χ1) is 16.4. The van der Waals surface area contributed by atoms with Gasteiger partial charge in [0, 0.05) is 26.9 Å². The number of rotatable bonds is 7. The van der Waals surface area contributed by atoms with Gasteiger partial charge in [0.05, 0.1) is 41.2 Å². The van der Waals surface area contributed by atoms with Crippen LogP contribution in [0.1, 0.15) is 46.6 Å². The van der Waals surface area contributed by atoms with Gasteiger partial charge in [0.15, 0.2) is 0 Å². The standard InChI is InChI=1S/C24H32N6O4S.H2/c1-15(17-9-7-8-10-27-17)29-23(31)18(26-5)11-16(25)19-13-28-22-12-20(34-6)21(14-30(19)22)35(32,33)24(2,3)4;/h7-15,32-33H,25H2,1-6H3,(H,29,31);1H/b16-11-,26-18?;/t15-;/m1./s1. The molecule has 35 heavy (non-hydrogen) atoms. The van der Waals surface area contributed by atoms with Gasteiger partial charge in [-0.3, -0.25) is 28.3 Å². The highest BCUT2D eigenvalue weighted by Gasteiger charge is 2.34. The molecule has 0 spiro atoms. The van der Waals surface area contributed by atoms with Crippen LogP contribution < -0.4 is 15.8 Å². The van der Waals surface area contributed by atoms with Crippen molar-refractivity contribution >= 4 is 33.6 Å². The average Bonchev–Trinajstić information content (AvgIpc) is 3.24. The zero-order valence-corrected chi connectivity index (χ0v) is 21.5. The van der Waals surface area contributed by atoms with Crippen LogP contribution in [0, 0.1) is 0 Å². The van der Waals surface area contributed by atoms with Crippen molar-refractivity contribution in [2.24, 2.45) is 10.7 Å². The number of nitrogens with two attached hydrogens (primary N) is 1. The van der Waals surface area contributed by atoms with Crippen LogP contribution in [-0.4, -0.2) is 54.0 Å². The lowest BCUT2D eigenvalue weighted by atomic mass is 10.2. The first-order valence-corrected chi connectivity index (χ1v) is 12.4. The minimum Gasteiger partial charge on any atom is -0.495 e. The molecule has 5 N–H and O–H groups in total. The Labute approximate surface area is 207 Å². The highest BCUT2D eigenvalue weighted by molar-refractivity contribution is 8.25. The fraction of sp³-hybridized carbons (Fsp3) is 0.333. The molecule has 3 aromatic heterocycles. The molecule has 0 saturated heterocycles. The lowest BCUT2D eigenvalue weighted by Gasteiger charge is -2.44. The number of hydrogen-bond donors (Lipinski definition) is 4. The molecule has 0 fully saturated rings. The van der Waals surface area contributed by atoms with Crippen molar-refractivity contribution in [3.8, 4) is 5.75 Å². The number of carbonyl (C=O) groups is 1. The maximum Gasteiger partial charge on any atom is 0.270 e. The van der Waals surface area contributed by atoms with E-state index in [4.69, 9.17) is 10.5 Å². The summed E-state index contributed by atoms with van der Waals surface area (Å²) in [5.74, 6) is -0.0995. The van der Waals surface area contributed by atoms with E-state index in [9.17, 15) is 13.9 Å². The molecule has 0 radical (unpaired) electrons. The van der Waals surface area contributed by atoms with Gasteiger partial charge in [-0.25, -0.2) is 4.98 Å². The average molecular weight is 503 g/mol. The van der Waals surface area contributed by atoms with Crippen molar-refractivity contribution in [3.05, 3.63) is 60.3 Å². The Morgan fingerprint density at radius 1 is 1.34 bits per heavy atom. The number of amides is 1. The van der Waals surface area contributed by atoms with Crippen LogP contribution in [0.4, 0.5) is 0 Å². The summed E-state index contributed by atoms with van der Waals surface area (Å²) in [6.45, 7) is 7.05. The summed E-state index contributed by atoms with van der Waals surface area (Å²) < 4.78 is 28.2. The number of carbonyl (C=O) groups excluding carboxylic acids is 1. The second-order valence-electron chi connectivity index (χ2n) is 8.90. The SMILES string of the molecule is CN=C(/C=C(\N)c1cnc2cc(OC)c(S(O)(O)C(C)(C)C)cn12)C(=O)N[C@H](C)c1ccccn1.[HH]. The van der Waals surface area contributed by atoms with Crippen molar-refractivity contribution in [2.75, 3.05) is 14.2 Å². The second kappa shape index (κ2) is 10.1. The van der Waals surface area contributed by atoms with E-state index in [-0.39, 0.29) is 23.8 Å². The highest BCUT2D eigenvalue weighted by atomic mass is 32.3. The van der Waals surface area contributed by atoms with Crippen LogP contribution in [0.15, 0.2) is 58.8 Å². The van der Waals surface area contributed by atoms with Gasteiger partial charge in [0.1, 0.15) is 22.0 Å². The van der Waals surface area contributed by atoms with Crippen LogP contribution in [0.2, 0.25) is 0 Å². The Bertz CT molecular complexity index is 1280. The fourth-order valence-corrected chi connectivity index (χ4v) is 4.67. The Morgan fingerprint density at radius 3 is 2.63 bits per heavy atom. The summed E-state index contributed by atoms with van der Waals surface area (Å²) in [4.78, 5) is 25.8. The lowest BCUT2D eigenvalue weighted by Crippen LogP contribution is -2.33. The Morgan fingerprint density at radius 2 is 2.06 bits per heavy atom. The molecule has 0 aliphatic carbocycles. The van der Waals surface area contributed by atoms with Gasteiger partial charge in [0.25, 0.3) is 5.91 Å². The van der Waals surface area contributed by atoms with E-state index in [1.165, 1.54) is 26.4 Å². The summed E-state index contributed by atoms with van der Waals surface area (Å²) in [7, 11) is -0.281. The first kappa shape index (κ1) is 26.2. The molecule has 190 valence electrons. The van der Waals surface area contributed by atoms with Gasteiger partial charge in [-0.1, -0.05) is 6.07 Å². The maximum atomic E-state index is 12.8. The predicted octanol–water partition coefficient (Wildman–Crippen LogP) is 4.14. The van der Waals surface area contributed by atoms with E-state index in [0.29, 0.717) is 22.8 Å². The molecule has 1 atom stereocenters. The van der Waals surface area contributed by atoms with E-state index in [1.54, 1.807) is 49.7 Å². The number of nitrogens with zero attached hydrogens (tertiary/aromatic N) is 4. The largest absolute Gasteiger partial charge is 0.495 e. The van der Waals surface area contributed by atoms with Gasteiger partial charge in [-0.2, -0.15) is 10.6 Å². The van der Waals surface area contributed by atoms with E-state index in [0.717, 1.165) is 0 Å². The van der Waals surface area contributed by atoms with E-state index >= 15 is 0 Å². The summed E-state index contributed by atoms with van der Waals surface area (Å²) >= 11 is 0. The molecule has 0 bridgehead atoms. The van der Waals surface area contributed by atoms with E-state index < -0.39 is 21.2 Å². The summed E-state index contributed by atoms with van der Waals surface area (Å²) in [6, 6.07) is 6.76. The number of hydrogen-bond acceptors (Lipinski definition) is 8. The van der Waals surface area contributed by atoms with Gasteiger partial charge in [0.2, 0.25) is 0 Å². The number of fused-ring (bicyclic) bond motifs is 1. The molecule has 0 saturated carbocycles. The van der Waals surface area contributed by atoms with Crippen LogP contribution in [0.25, 0.3) is 11.3 Å². The molecule has 3 aromatic rings. The van der Waals surface area contributed by atoms with Crippen LogP contribution in [0.3, 0.4) is 0 Å². The lowest BCUT2D eigenvalue weighted by molar-refractivity contribution is -0.115. The van der Waals surface area contributed by atoms with Gasteiger partial charge >= 0.3 is 0 Å². The van der Waals surface area contributed by atoms with E-state index in [2.05, 4.69) is 20.3 Å². The summed E-state index contributed by atoms with van der Waals surface area (Å²) in [6.07, 6.45) is 6.21. The second-order valence-corrected chi connectivity index (χ2v) is 11.7. The number of imidazole rings is 1. The van der Waals surface area contributed by atoms with Crippen molar-refractivity contribution in [1.82, 2.24) is 19.7 Å². The third-order valence-corrected chi connectivity index (χ3v) is 8.12. The molecule has 10 nitrogen and oxygen atoms in total. The number of aromatic nitrogens is 3. The smallest absolute Gasteiger partial charge is 0.270 e. The van der Waals surface area contributed by atoms with Crippen molar-refractivity contribution in [1.29, 1.82) is 0 Å². The van der Waals surface area contributed by atoms with Crippen LogP contribution >= 0.6 is 10.6 Å². The first-order valence-electron chi connectivity index (χ1n) is 10.9. The fourth-order valence-electron chi connectivity index (χ4n) is 3.33. The molecule has 0 unspecified atom stereocenters. The molecule has 0 aliphatic heterocycles. The van der Waals surface area contributed by atoms with Crippen LogP contribution in [-0.2, 0) is 4.79 Å². The van der Waals surface area contributed by atoms with Crippen LogP contribution in [0.5, 0.6) is 5.75 Å². The monoisotopic (exact) mass is 502 g/mol. The molecule has 0 aromatic carbocycles. The zero-order valence-electron chi connectivity index (χ0n) is 20.7. The Balaban J connectivity index is 0.00000456. The zero-order chi connectivity index (χ0) is 26.0. The maximum absolute atomic E-state index is 12.8. The molecule has 1 amide bonds. The number of ether oxygens (including phenoxy) is 1. The summed E-state index contributed by atoms with van der Waals surface area (Å²) in [5.41, 5.74) is 8.36. The molecule has 3 rings (SSSR count). The molecule has 0 aliphatic rings. The van der Waals surface area contributed by atoms with Crippen molar-refractivity contribution in [2.45, 2.75) is 43.4 Å². The number of aliphatic imine (C=N–C) groups is 1. The topological polar surface area (TPSA) is 147 Å². The van der Waals surface area contributed by atoms with E-state index in [1.807, 2.05) is 19.1 Å². The van der Waals surface area contributed by atoms with Gasteiger partial charge < -0.3 is 15.8 Å². The molecular formula is C24H34N6O4S. The third kappa shape index (κ3) is 5.31. The molecular weight excluding hydrogens is 468 g/mol. The highest BCUT2D eigenvalue weighted by Crippen LogP contribution is 2.61. The molecule has 11 heteroatoms. The van der Waals surface area contributed by atoms with Crippen molar-refractivity contribution < 1.29 is 20.1 Å². The van der Waals surface area contributed by atoms with Crippen molar-refractivity contribution in [3.63, 3.8) is 0 Å². The minimum absolute atomic E-state index is 0. The number of methoxy groups -OCH3 is 1.